The maximum absolute atomic E-state index is 11.3. The first-order chi connectivity index (χ1) is 7.95. The summed E-state index contributed by atoms with van der Waals surface area (Å²) in [5, 5.41) is 2.58. The van der Waals surface area contributed by atoms with Gasteiger partial charge in [0.05, 0.1) is 0 Å². The van der Waals surface area contributed by atoms with E-state index in [-0.39, 0.29) is 0 Å². The summed E-state index contributed by atoms with van der Waals surface area (Å²) in [6, 6.07) is 0. The first-order valence-electron chi connectivity index (χ1n) is 5.65. The molecular formula is C11H19N3O2S. The fourth-order valence-electron chi connectivity index (χ4n) is 1.27. The minimum absolute atomic E-state index is 0.353. The average Bonchev–Trinajstić information content (AvgIpc) is 2.28. The smallest absolute Gasteiger partial charge is 0.157 e. The van der Waals surface area contributed by atoms with Gasteiger partial charge in [0.2, 0.25) is 0 Å². The van der Waals surface area contributed by atoms with Crippen LogP contribution < -0.4 is 5.32 Å². The van der Waals surface area contributed by atoms with Gasteiger partial charge in [-0.05, 0) is 19.9 Å². The van der Waals surface area contributed by atoms with Crippen LogP contribution in [0.15, 0.2) is 12.4 Å². The highest BCUT2D eigenvalue weighted by atomic mass is 32.2. The van der Waals surface area contributed by atoms with Crippen molar-refractivity contribution in [3.05, 3.63) is 23.8 Å². The fourth-order valence-corrected chi connectivity index (χ4v) is 1.77. The summed E-state index contributed by atoms with van der Waals surface area (Å²) >= 11 is 0. The van der Waals surface area contributed by atoms with E-state index in [0.29, 0.717) is 12.4 Å². The van der Waals surface area contributed by atoms with Crippen molar-refractivity contribution in [1.82, 2.24) is 15.3 Å². The standard InChI is InChI=1S/C11H19N3O2S/c1-4-5-12-6-10-7-13-11(14-8-10)9(2)17(3,15)16/h7-9,12H,4-6H2,1-3H3. The van der Waals surface area contributed by atoms with Gasteiger partial charge >= 0.3 is 0 Å². The summed E-state index contributed by atoms with van der Waals surface area (Å²) in [6.45, 7) is 5.35. The minimum Gasteiger partial charge on any atom is -0.313 e. The van der Waals surface area contributed by atoms with E-state index < -0.39 is 15.1 Å². The van der Waals surface area contributed by atoms with Crippen molar-refractivity contribution in [2.24, 2.45) is 0 Å². The molecule has 0 spiro atoms. The highest BCUT2D eigenvalue weighted by Crippen LogP contribution is 2.16. The molecule has 6 heteroatoms. The molecule has 1 N–H and O–H groups in total. The third-order valence-electron chi connectivity index (χ3n) is 2.49. The number of aromatic nitrogens is 2. The molecule has 1 rings (SSSR count). The molecular weight excluding hydrogens is 238 g/mol. The van der Waals surface area contributed by atoms with Crippen molar-refractivity contribution < 1.29 is 8.42 Å². The predicted octanol–water partition coefficient (Wildman–Crippen LogP) is 1.08. The third kappa shape index (κ3) is 4.40. The normalized spacial score (nSPS) is 13.6. The molecule has 0 aromatic carbocycles. The minimum atomic E-state index is -3.13. The van der Waals surface area contributed by atoms with Crippen LogP contribution in [0.1, 0.15) is 36.9 Å². The van der Waals surface area contributed by atoms with Gasteiger partial charge in [-0.25, -0.2) is 18.4 Å². The van der Waals surface area contributed by atoms with Crippen LogP contribution in [0, 0.1) is 0 Å². The Balaban J connectivity index is 2.68. The van der Waals surface area contributed by atoms with Gasteiger partial charge < -0.3 is 5.32 Å². The maximum Gasteiger partial charge on any atom is 0.157 e. The van der Waals surface area contributed by atoms with Gasteiger partial charge in [-0.3, -0.25) is 0 Å². The second-order valence-electron chi connectivity index (χ2n) is 4.10. The van der Waals surface area contributed by atoms with Crippen LogP contribution in [0.3, 0.4) is 0 Å². The zero-order chi connectivity index (χ0) is 12.9. The number of nitrogens with zero attached hydrogens (tertiary/aromatic N) is 2. The summed E-state index contributed by atoms with van der Waals surface area (Å²) in [6.07, 6.45) is 5.61. The van der Waals surface area contributed by atoms with E-state index in [1.165, 1.54) is 6.26 Å². The van der Waals surface area contributed by atoms with E-state index in [4.69, 9.17) is 0 Å². The summed E-state index contributed by atoms with van der Waals surface area (Å²) in [5.74, 6) is 0.353. The van der Waals surface area contributed by atoms with E-state index >= 15 is 0 Å². The first-order valence-corrected chi connectivity index (χ1v) is 7.61. The lowest BCUT2D eigenvalue weighted by Crippen LogP contribution is -2.15. The molecule has 0 aliphatic heterocycles. The summed E-state index contributed by atoms with van der Waals surface area (Å²) in [4.78, 5) is 8.19. The van der Waals surface area contributed by atoms with E-state index in [2.05, 4.69) is 22.2 Å². The number of nitrogens with one attached hydrogen (secondary N) is 1. The summed E-state index contributed by atoms with van der Waals surface area (Å²) in [7, 11) is -3.13. The largest absolute Gasteiger partial charge is 0.313 e. The van der Waals surface area contributed by atoms with Crippen LogP contribution in [0.4, 0.5) is 0 Å². The molecule has 1 heterocycles. The lowest BCUT2D eigenvalue weighted by Gasteiger charge is -2.08. The highest BCUT2D eigenvalue weighted by molar-refractivity contribution is 7.90. The van der Waals surface area contributed by atoms with Gasteiger partial charge in [0.1, 0.15) is 11.1 Å². The molecule has 0 aliphatic carbocycles. The Morgan fingerprint density at radius 3 is 2.41 bits per heavy atom. The van der Waals surface area contributed by atoms with E-state index in [9.17, 15) is 8.42 Å². The molecule has 1 atom stereocenters. The first kappa shape index (κ1) is 14.1. The zero-order valence-electron chi connectivity index (χ0n) is 10.5. The van der Waals surface area contributed by atoms with E-state index in [1.54, 1.807) is 19.3 Å². The Morgan fingerprint density at radius 1 is 1.35 bits per heavy atom. The molecule has 96 valence electrons. The molecule has 0 bridgehead atoms. The Bertz CT molecular complexity index is 442. The quantitative estimate of drug-likeness (QED) is 0.772. The van der Waals surface area contributed by atoms with Crippen LogP contribution in [-0.2, 0) is 16.4 Å². The third-order valence-corrected chi connectivity index (χ3v) is 3.98. The van der Waals surface area contributed by atoms with Gasteiger partial charge in [0.15, 0.2) is 9.84 Å². The van der Waals surface area contributed by atoms with E-state index in [1.807, 2.05) is 0 Å². The highest BCUT2D eigenvalue weighted by Gasteiger charge is 2.19. The molecule has 17 heavy (non-hydrogen) atoms. The second kappa shape index (κ2) is 6.07. The van der Waals surface area contributed by atoms with Crippen LogP contribution in [-0.4, -0.2) is 31.2 Å². The summed E-state index contributed by atoms with van der Waals surface area (Å²) in [5.41, 5.74) is 0.961. The van der Waals surface area contributed by atoms with Gasteiger partial charge in [-0.15, -0.1) is 0 Å². The Morgan fingerprint density at radius 2 is 1.94 bits per heavy atom. The summed E-state index contributed by atoms with van der Waals surface area (Å²) < 4.78 is 22.7. The number of sulfone groups is 1. The molecule has 0 radical (unpaired) electrons. The van der Waals surface area contributed by atoms with Gasteiger partial charge in [0, 0.05) is 30.8 Å². The van der Waals surface area contributed by atoms with Crippen LogP contribution >= 0.6 is 0 Å². The van der Waals surface area contributed by atoms with Crippen molar-refractivity contribution in [3.63, 3.8) is 0 Å². The van der Waals surface area contributed by atoms with E-state index in [0.717, 1.165) is 18.5 Å². The van der Waals surface area contributed by atoms with Crippen molar-refractivity contribution in [1.29, 1.82) is 0 Å². The van der Waals surface area contributed by atoms with Crippen LogP contribution in [0.25, 0.3) is 0 Å². The van der Waals surface area contributed by atoms with Gasteiger partial charge in [-0.1, -0.05) is 6.92 Å². The van der Waals surface area contributed by atoms with Gasteiger partial charge in [0.25, 0.3) is 0 Å². The van der Waals surface area contributed by atoms with Crippen molar-refractivity contribution in [3.8, 4) is 0 Å². The molecule has 1 aromatic heterocycles. The molecule has 5 nitrogen and oxygen atoms in total. The molecule has 0 saturated carbocycles. The molecule has 0 fully saturated rings. The lowest BCUT2D eigenvalue weighted by atomic mass is 10.3. The van der Waals surface area contributed by atoms with Crippen molar-refractivity contribution >= 4 is 9.84 Å². The number of hydrogen-bond donors (Lipinski definition) is 1. The number of rotatable bonds is 6. The van der Waals surface area contributed by atoms with Crippen LogP contribution in [0.5, 0.6) is 0 Å². The second-order valence-corrected chi connectivity index (χ2v) is 6.46. The van der Waals surface area contributed by atoms with Crippen LogP contribution in [0.2, 0.25) is 0 Å². The van der Waals surface area contributed by atoms with Crippen molar-refractivity contribution in [2.75, 3.05) is 12.8 Å². The number of hydrogen-bond acceptors (Lipinski definition) is 5. The molecule has 0 amide bonds. The Kier molecular flexibility index (Phi) is 5.02. The average molecular weight is 257 g/mol. The Labute approximate surface area is 103 Å². The van der Waals surface area contributed by atoms with Crippen molar-refractivity contribution in [2.45, 2.75) is 32.1 Å². The zero-order valence-corrected chi connectivity index (χ0v) is 11.3. The molecule has 0 aliphatic rings. The topological polar surface area (TPSA) is 72.0 Å². The Hall–Kier alpha value is -1.01. The SMILES string of the molecule is CCCNCc1cnc(C(C)S(C)(=O)=O)nc1. The fraction of sp³-hybridized carbons (Fsp3) is 0.636. The molecule has 1 unspecified atom stereocenters. The lowest BCUT2D eigenvalue weighted by molar-refractivity contribution is 0.588. The van der Waals surface area contributed by atoms with Gasteiger partial charge in [-0.2, -0.15) is 0 Å². The molecule has 0 saturated heterocycles. The maximum atomic E-state index is 11.3. The molecule has 1 aromatic rings. The monoisotopic (exact) mass is 257 g/mol. The predicted molar refractivity (Wildman–Crippen MR) is 67.3 cm³/mol.